The lowest BCUT2D eigenvalue weighted by atomic mass is 10.1. The van der Waals surface area contributed by atoms with Crippen LogP contribution in [0.1, 0.15) is 37.5 Å². The van der Waals surface area contributed by atoms with Crippen LogP contribution in [0.2, 0.25) is 5.02 Å². The lowest BCUT2D eigenvalue weighted by Crippen LogP contribution is -2.53. The fourth-order valence-electron chi connectivity index (χ4n) is 4.08. The van der Waals surface area contributed by atoms with E-state index in [1.807, 2.05) is 58.0 Å². The fraction of sp³-hybridized carbons (Fsp3) is 0.333. The monoisotopic (exact) mass is 569 g/mol. The molecule has 1 unspecified atom stereocenters. The van der Waals surface area contributed by atoms with Crippen molar-refractivity contribution in [1.29, 1.82) is 0 Å². The van der Waals surface area contributed by atoms with Crippen LogP contribution >= 0.6 is 11.6 Å². The molecule has 0 saturated heterocycles. The van der Waals surface area contributed by atoms with E-state index in [-0.39, 0.29) is 29.1 Å². The van der Waals surface area contributed by atoms with E-state index >= 15 is 0 Å². The highest BCUT2D eigenvalue weighted by atomic mass is 35.5. The number of nitrogens with zero attached hydrogens (tertiary/aromatic N) is 2. The van der Waals surface area contributed by atoms with E-state index in [1.165, 1.54) is 17.0 Å². The highest BCUT2D eigenvalue weighted by molar-refractivity contribution is 7.92. The number of nitrogens with one attached hydrogen (secondary N) is 1. The second-order valence-electron chi connectivity index (χ2n) is 9.92. The maximum Gasteiger partial charge on any atom is 0.264 e. The first-order valence-corrected chi connectivity index (χ1v) is 14.7. The smallest absolute Gasteiger partial charge is 0.264 e. The fourth-order valence-corrected chi connectivity index (χ4v) is 5.66. The third-order valence-corrected chi connectivity index (χ3v) is 8.61. The minimum absolute atomic E-state index is 0.0547. The van der Waals surface area contributed by atoms with Crippen LogP contribution in [0.15, 0.2) is 77.7 Å². The summed E-state index contributed by atoms with van der Waals surface area (Å²) in [5.41, 5.74) is 2.96. The first kappa shape index (κ1) is 30.2. The van der Waals surface area contributed by atoms with E-state index < -0.39 is 28.5 Å². The SMILES string of the molecule is Cc1ccc(S(=O)(=O)N(CC(=O)N(CCc2ccccc2)C(C)C(=O)NC(C)C)c2ccc(C)c(Cl)c2)cc1. The van der Waals surface area contributed by atoms with Gasteiger partial charge in [-0.2, -0.15) is 0 Å². The summed E-state index contributed by atoms with van der Waals surface area (Å²) >= 11 is 6.36. The van der Waals surface area contributed by atoms with Crippen LogP contribution < -0.4 is 9.62 Å². The van der Waals surface area contributed by atoms with Crippen LogP contribution in [0, 0.1) is 13.8 Å². The first-order valence-electron chi connectivity index (χ1n) is 12.9. The third kappa shape index (κ3) is 7.83. The number of carbonyl (C=O) groups is 2. The molecule has 0 aromatic heterocycles. The van der Waals surface area contributed by atoms with Gasteiger partial charge in [0.1, 0.15) is 12.6 Å². The van der Waals surface area contributed by atoms with Crippen molar-refractivity contribution in [3.05, 3.63) is 94.5 Å². The van der Waals surface area contributed by atoms with E-state index in [0.29, 0.717) is 11.4 Å². The quantitative estimate of drug-likeness (QED) is 0.346. The second-order valence-corrected chi connectivity index (χ2v) is 12.2. The summed E-state index contributed by atoms with van der Waals surface area (Å²) in [7, 11) is -4.13. The number of benzene rings is 3. The minimum atomic E-state index is -4.13. The van der Waals surface area contributed by atoms with Crippen LogP contribution in [0.4, 0.5) is 5.69 Å². The van der Waals surface area contributed by atoms with E-state index in [0.717, 1.165) is 21.0 Å². The van der Waals surface area contributed by atoms with Gasteiger partial charge in [-0.15, -0.1) is 0 Å². The lowest BCUT2D eigenvalue weighted by molar-refractivity contribution is -0.139. The molecule has 3 aromatic rings. The average Bonchev–Trinajstić information content (AvgIpc) is 2.89. The van der Waals surface area contributed by atoms with Crippen molar-refractivity contribution in [2.45, 2.75) is 58.0 Å². The van der Waals surface area contributed by atoms with Gasteiger partial charge in [0.05, 0.1) is 10.6 Å². The van der Waals surface area contributed by atoms with Gasteiger partial charge in [0, 0.05) is 17.6 Å². The van der Waals surface area contributed by atoms with Gasteiger partial charge in [0.15, 0.2) is 0 Å². The highest BCUT2D eigenvalue weighted by Crippen LogP contribution is 2.28. The van der Waals surface area contributed by atoms with Crippen molar-refractivity contribution in [3.63, 3.8) is 0 Å². The van der Waals surface area contributed by atoms with Gasteiger partial charge in [0.25, 0.3) is 10.0 Å². The van der Waals surface area contributed by atoms with E-state index in [1.54, 1.807) is 37.3 Å². The Morgan fingerprint density at radius 1 is 0.923 bits per heavy atom. The number of carbonyl (C=O) groups excluding carboxylic acids is 2. The Labute approximate surface area is 236 Å². The molecule has 0 aliphatic heterocycles. The predicted octanol–water partition coefficient (Wildman–Crippen LogP) is 5.14. The number of anilines is 1. The van der Waals surface area contributed by atoms with Gasteiger partial charge in [-0.3, -0.25) is 13.9 Å². The Bertz CT molecular complexity index is 1390. The van der Waals surface area contributed by atoms with Gasteiger partial charge in [0.2, 0.25) is 11.8 Å². The van der Waals surface area contributed by atoms with Crippen molar-refractivity contribution in [1.82, 2.24) is 10.2 Å². The molecule has 3 aromatic carbocycles. The zero-order chi connectivity index (χ0) is 28.7. The normalized spacial score (nSPS) is 12.2. The first-order chi connectivity index (χ1) is 18.4. The van der Waals surface area contributed by atoms with Gasteiger partial charge in [-0.1, -0.05) is 65.7 Å². The summed E-state index contributed by atoms with van der Waals surface area (Å²) in [4.78, 5) is 28.3. The van der Waals surface area contributed by atoms with E-state index in [2.05, 4.69) is 5.32 Å². The highest BCUT2D eigenvalue weighted by Gasteiger charge is 2.32. The van der Waals surface area contributed by atoms with Gasteiger partial charge < -0.3 is 10.2 Å². The summed E-state index contributed by atoms with van der Waals surface area (Å²) < 4.78 is 28.8. The average molecular weight is 570 g/mol. The van der Waals surface area contributed by atoms with Crippen LogP contribution in [-0.2, 0) is 26.0 Å². The largest absolute Gasteiger partial charge is 0.352 e. The number of aryl methyl sites for hydroxylation is 2. The summed E-state index contributed by atoms with van der Waals surface area (Å²) in [6.07, 6.45) is 0.507. The molecule has 0 aliphatic carbocycles. The molecule has 0 radical (unpaired) electrons. The molecule has 1 N–H and O–H groups in total. The molecule has 208 valence electrons. The Balaban J connectivity index is 2.00. The number of amides is 2. The molecule has 0 heterocycles. The molecule has 3 rings (SSSR count). The molecule has 0 bridgehead atoms. The topological polar surface area (TPSA) is 86.8 Å². The zero-order valence-electron chi connectivity index (χ0n) is 23.0. The molecule has 9 heteroatoms. The molecule has 0 spiro atoms. The summed E-state index contributed by atoms with van der Waals surface area (Å²) in [6, 6.07) is 20.0. The Kier molecular flexibility index (Phi) is 10.2. The van der Waals surface area contributed by atoms with Gasteiger partial charge in [-0.25, -0.2) is 8.42 Å². The molecular weight excluding hydrogens is 534 g/mol. The Morgan fingerprint density at radius 3 is 2.15 bits per heavy atom. The minimum Gasteiger partial charge on any atom is -0.352 e. The molecule has 39 heavy (non-hydrogen) atoms. The second kappa shape index (κ2) is 13.1. The predicted molar refractivity (Wildman–Crippen MR) is 156 cm³/mol. The van der Waals surface area contributed by atoms with Crippen LogP contribution in [0.3, 0.4) is 0 Å². The molecule has 0 fully saturated rings. The van der Waals surface area contributed by atoms with Gasteiger partial charge >= 0.3 is 0 Å². The Morgan fingerprint density at radius 2 is 1.56 bits per heavy atom. The lowest BCUT2D eigenvalue weighted by Gasteiger charge is -2.32. The van der Waals surface area contributed by atoms with E-state index in [4.69, 9.17) is 11.6 Å². The van der Waals surface area contributed by atoms with E-state index in [9.17, 15) is 18.0 Å². The summed E-state index contributed by atoms with van der Waals surface area (Å²) in [5.74, 6) is -0.803. The number of hydrogen-bond donors (Lipinski definition) is 1. The molecular formula is C30H36ClN3O4S. The maximum absolute atomic E-state index is 13.9. The van der Waals surface area contributed by atoms with Gasteiger partial charge in [-0.05, 0) is 76.4 Å². The Hall–Kier alpha value is -3.36. The van der Waals surface area contributed by atoms with Crippen molar-refractivity contribution in [2.24, 2.45) is 0 Å². The van der Waals surface area contributed by atoms with Crippen LogP contribution in [-0.4, -0.2) is 50.3 Å². The zero-order valence-corrected chi connectivity index (χ0v) is 24.6. The molecule has 1 atom stereocenters. The standard InChI is InChI=1S/C30H36ClN3O4S/c1-21(2)32-30(36)24(5)33(18-17-25-9-7-6-8-10-25)29(35)20-34(26-14-13-23(4)28(31)19-26)39(37,38)27-15-11-22(3)12-16-27/h6-16,19,21,24H,17-18,20H2,1-5H3,(H,32,36). The van der Waals surface area contributed by atoms with Crippen LogP contribution in [0.5, 0.6) is 0 Å². The van der Waals surface area contributed by atoms with Crippen molar-refractivity contribution < 1.29 is 18.0 Å². The molecule has 0 aliphatic rings. The molecule has 7 nitrogen and oxygen atoms in total. The third-order valence-electron chi connectivity index (χ3n) is 6.41. The summed E-state index contributed by atoms with van der Waals surface area (Å²) in [5, 5.41) is 3.24. The maximum atomic E-state index is 13.9. The number of halogens is 1. The number of sulfonamides is 1. The van der Waals surface area contributed by atoms with Crippen LogP contribution in [0.25, 0.3) is 0 Å². The van der Waals surface area contributed by atoms with Crippen molar-refractivity contribution in [2.75, 3.05) is 17.4 Å². The summed E-state index contributed by atoms with van der Waals surface area (Å²) in [6.45, 7) is 8.77. The molecule has 2 amide bonds. The van der Waals surface area contributed by atoms with Crippen molar-refractivity contribution >= 4 is 39.1 Å². The van der Waals surface area contributed by atoms with Crippen molar-refractivity contribution in [3.8, 4) is 0 Å². The number of hydrogen-bond acceptors (Lipinski definition) is 4. The molecule has 0 saturated carbocycles. The number of rotatable bonds is 11.